The first kappa shape index (κ1) is 7.50. The van der Waals surface area contributed by atoms with Gasteiger partial charge in [0.15, 0.2) is 3.95 Å². The summed E-state index contributed by atoms with van der Waals surface area (Å²) in [6, 6.07) is 0. The van der Waals surface area contributed by atoms with Crippen molar-refractivity contribution in [3.8, 4) is 0 Å². The maximum Gasteiger partial charge on any atom is 0.160 e. The summed E-state index contributed by atoms with van der Waals surface area (Å²) in [6.45, 7) is 1.94. The van der Waals surface area contributed by atoms with Gasteiger partial charge in [0, 0.05) is 0 Å². The molecular formula is C6H8N2S2. The van der Waals surface area contributed by atoms with Crippen LogP contribution in [0.4, 0.5) is 5.00 Å². The number of nitrogens with two attached hydrogens (primary N) is 1. The van der Waals surface area contributed by atoms with Crippen LogP contribution >= 0.6 is 23.6 Å². The number of H-pyrrole nitrogens is 1. The number of nitrogens with one attached hydrogen (secondary N) is 1. The SMILES string of the molecule is CC=Cc1[nH]c(=S)sc1N. The molecule has 0 bridgehead atoms. The Hall–Kier alpha value is -0.610. The maximum absolute atomic E-state index is 5.60. The minimum absolute atomic E-state index is 0.727. The zero-order chi connectivity index (χ0) is 7.56. The van der Waals surface area contributed by atoms with Gasteiger partial charge in [-0.2, -0.15) is 0 Å². The van der Waals surface area contributed by atoms with E-state index in [2.05, 4.69) is 4.98 Å². The van der Waals surface area contributed by atoms with Gasteiger partial charge in [-0.3, -0.25) is 0 Å². The van der Waals surface area contributed by atoms with Crippen molar-refractivity contribution in [2.45, 2.75) is 6.92 Å². The summed E-state index contributed by atoms with van der Waals surface area (Å²) in [5, 5.41) is 0.753. The fourth-order valence-corrected chi connectivity index (χ4v) is 1.61. The predicted octanol–water partition coefficient (Wildman–Crippen LogP) is 2.42. The van der Waals surface area contributed by atoms with Crippen LogP contribution in [0.5, 0.6) is 0 Å². The van der Waals surface area contributed by atoms with Gasteiger partial charge in [-0.1, -0.05) is 17.4 Å². The highest BCUT2D eigenvalue weighted by Crippen LogP contribution is 2.18. The van der Waals surface area contributed by atoms with E-state index >= 15 is 0 Å². The summed E-state index contributed by atoms with van der Waals surface area (Å²) in [5.41, 5.74) is 6.51. The van der Waals surface area contributed by atoms with Crippen LogP contribution in [-0.2, 0) is 0 Å². The lowest BCUT2D eigenvalue weighted by molar-refractivity contribution is 1.36. The van der Waals surface area contributed by atoms with Crippen molar-refractivity contribution in [1.29, 1.82) is 0 Å². The second kappa shape index (κ2) is 2.98. The second-order valence-corrected chi connectivity index (χ2v) is 3.51. The molecule has 0 saturated heterocycles. The highest BCUT2D eigenvalue weighted by Gasteiger charge is 1.95. The monoisotopic (exact) mass is 172 g/mol. The standard InChI is InChI=1S/C6H8N2S2/c1-2-3-4-5(7)10-6(9)8-4/h2-3H,7H2,1H3,(H,8,9). The number of anilines is 1. The fourth-order valence-electron chi connectivity index (χ4n) is 0.642. The van der Waals surface area contributed by atoms with Crippen molar-refractivity contribution >= 4 is 34.6 Å². The van der Waals surface area contributed by atoms with E-state index in [0.29, 0.717) is 0 Å². The molecule has 0 unspecified atom stereocenters. The molecule has 1 heterocycles. The lowest BCUT2D eigenvalue weighted by atomic mass is 10.4. The molecule has 0 aromatic carbocycles. The Morgan fingerprint density at radius 1 is 1.70 bits per heavy atom. The number of hydrogen-bond donors (Lipinski definition) is 2. The molecule has 0 aliphatic rings. The Kier molecular flexibility index (Phi) is 2.24. The zero-order valence-electron chi connectivity index (χ0n) is 5.55. The van der Waals surface area contributed by atoms with Crippen LogP contribution in [0.25, 0.3) is 6.08 Å². The second-order valence-electron chi connectivity index (χ2n) is 1.79. The molecule has 1 aromatic heterocycles. The van der Waals surface area contributed by atoms with E-state index in [9.17, 15) is 0 Å². The molecule has 54 valence electrons. The molecule has 0 aliphatic carbocycles. The van der Waals surface area contributed by atoms with Gasteiger partial charge >= 0.3 is 0 Å². The minimum Gasteiger partial charge on any atom is -0.389 e. The van der Waals surface area contributed by atoms with Gasteiger partial charge in [0.25, 0.3) is 0 Å². The topological polar surface area (TPSA) is 41.8 Å². The quantitative estimate of drug-likeness (QED) is 0.639. The molecule has 0 amide bonds. The van der Waals surface area contributed by atoms with Gasteiger partial charge in [0.2, 0.25) is 0 Å². The number of hydrogen-bond acceptors (Lipinski definition) is 3. The third-order valence-electron chi connectivity index (χ3n) is 1.04. The summed E-state index contributed by atoms with van der Waals surface area (Å²) in [4.78, 5) is 2.97. The Morgan fingerprint density at radius 3 is 2.80 bits per heavy atom. The lowest BCUT2D eigenvalue weighted by Crippen LogP contribution is -1.81. The van der Waals surface area contributed by atoms with Crippen molar-refractivity contribution < 1.29 is 0 Å². The van der Waals surface area contributed by atoms with E-state index in [4.69, 9.17) is 18.0 Å². The van der Waals surface area contributed by atoms with E-state index in [0.717, 1.165) is 14.6 Å². The molecule has 0 radical (unpaired) electrons. The van der Waals surface area contributed by atoms with Gasteiger partial charge in [-0.25, -0.2) is 0 Å². The van der Waals surface area contributed by atoms with Crippen molar-refractivity contribution in [1.82, 2.24) is 4.98 Å². The van der Waals surface area contributed by atoms with Crippen molar-refractivity contribution in [2.24, 2.45) is 0 Å². The van der Waals surface area contributed by atoms with Crippen LogP contribution in [0.3, 0.4) is 0 Å². The third kappa shape index (κ3) is 1.46. The maximum atomic E-state index is 5.60. The van der Waals surface area contributed by atoms with E-state index in [1.54, 1.807) is 0 Å². The predicted molar refractivity (Wildman–Crippen MR) is 48.6 cm³/mol. The molecule has 0 fully saturated rings. The molecule has 1 rings (SSSR count). The molecule has 0 saturated carbocycles. The Morgan fingerprint density at radius 2 is 2.40 bits per heavy atom. The van der Waals surface area contributed by atoms with Gasteiger partial charge in [0.05, 0.1) is 5.69 Å². The number of aromatic nitrogens is 1. The fraction of sp³-hybridized carbons (Fsp3) is 0.167. The Labute approximate surface area is 68.4 Å². The summed E-state index contributed by atoms with van der Waals surface area (Å²) in [5.74, 6) is 0. The van der Waals surface area contributed by atoms with Crippen molar-refractivity contribution in [3.63, 3.8) is 0 Å². The third-order valence-corrected chi connectivity index (χ3v) is 2.12. The summed E-state index contributed by atoms with van der Waals surface area (Å²) in [7, 11) is 0. The van der Waals surface area contributed by atoms with Crippen LogP contribution in [0.15, 0.2) is 6.08 Å². The summed E-state index contributed by atoms with van der Waals surface area (Å²) >= 11 is 6.28. The molecule has 2 nitrogen and oxygen atoms in total. The molecule has 0 aliphatic heterocycles. The summed E-state index contributed by atoms with van der Waals surface area (Å²) < 4.78 is 0.727. The van der Waals surface area contributed by atoms with E-state index in [1.165, 1.54) is 11.3 Å². The van der Waals surface area contributed by atoms with E-state index in [1.807, 2.05) is 19.1 Å². The smallest absolute Gasteiger partial charge is 0.160 e. The zero-order valence-corrected chi connectivity index (χ0v) is 7.18. The average Bonchev–Trinajstić information content (AvgIpc) is 2.13. The first-order valence-electron chi connectivity index (χ1n) is 2.85. The van der Waals surface area contributed by atoms with Gasteiger partial charge in [-0.15, -0.1) is 0 Å². The number of thiazole rings is 1. The highest BCUT2D eigenvalue weighted by atomic mass is 32.1. The van der Waals surface area contributed by atoms with Crippen LogP contribution in [0.1, 0.15) is 12.6 Å². The van der Waals surface area contributed by atoms with Crippen molar-refractivity contribution in [3.05, 3.63) is 15.7 Å². The van der Waals surface area contributed by atoms with Gasteiger partial charge in [-0.05, 0) is 25.2 Å². The molecule has 4 heteroatoms. The molecule has 1 aromatic rings. The molecular weight excluding hydrogens is 164 g/mol. The normalized spacial score (nSPS) is 10.9. The lowest BCUT2D eigenvalue weighted by Gasteiger charge is -1.84. The minimum atomic E-state index is 0.727. The Bertz CT molecular complexity index is 295. The van der Waals surface area contributed by atoms with Gasteiger partial charge in [0.1, 0.15) is 5.00 Å². The number of aromatic amines is 1. The molecule has 0 spiro atoms. The van der Waals surface area contributed by atoms with Crippen LogP contribution in [-0.4, -0.2) is 4.98 Å². The Balaban J connectivity index is 3.15. The first-order valence-corrected chi connectivity index (χ1v) is 4.08. The molecule has 10 heavy (non-hydrogen) atoms. The van der Waals surface area contributed by atoms with Crippen LogP contribution in [0.2, 0.25) is 0 Å². The van der Waals surface area contributed by atoms with Crippen LogP contribution < -0.4 is 5.73 Å². The van der Waals surface area contributed by atoms with E-state index < -0.39 is 0 Å². The van der Waals surface area contributed by atoms with Crippen LogP contribution in [0, 0.1) is 3.95 Å². The van der Waals surface area contributed by atoms with E-state index in [-0.39, 0.29) is 0 Å². The highest BCUT2D eigenvalue weighted by molar-refractivity contribution is 7.73. The first-order chi connectivity index (χ1) is 4.74. The number of nitrogen functional groups attached to an aromatic ring is 1. The average molecular weight is 172 g/mol. The number of rotatable bonds is 1. The van der Waals surface area contributed by atoms with Crippen molar-refractivity contribution in [2.75, 3.05) is 5.73 Å². The largest absolute Gasteiger partial charge is 0.389 e. The molecule has 3 N–H and O–H groups in total. The number of allylic oxidation sites excluding steroid dienone is 1. The molecule has 0 atom stereocenters. The van der Waals surface area contributed by atoms with Gasteiger partial charge < -0.3 is 10.7 Å². The summed E-state index contributed by atoms with van der Waals surface area (Å²) in [6.07, 6.45) is 3.82.